The third kappa shape index (κ3) is 1.88. The molecule has 1 unspecified atom stereocenters. The van der Waals surface area contributed by atoms with E-state index >= 15 is 0 Å². The van der Waals surface area contributed by atoms with Gasteiger partial charge >= 0.3 is 0 Å². The van der Waals surface area contributed by atoms with Gasteiger partial charge in [-0.3, -0.25) is 0 Å². The summed E-state index contributed by atoms with van der Waals surface area (Å²) >= 11 is 0. The number of fused-ring (bicyclic) bond motifs is 3. The lowest BCUT2D eigenvalue weighted by atomic mass is 9.79. The van der Waals surface area contributed by atoms with Gasteiger partial charge in [0, 0.05) is 0 Å². The Morgan fingerprint density at radius 1 is 1.16 bits per heavy atom. The number of rotatable bonds is 1. The van der Waals surface area contributed by atoms with Crippen molar-refractivity contribution in [2.45, 2.75) is 19.3 Å². The number of methoxy groups -OCH3 is 1. The van der Waals surface area contributed by atoms with Crippen molar-refractivity contribution >= 4 is 0 Å². The van der Waals surface area contributed by atoms with E-state index in [-0.39, 0.29) is 5.92 Å². The molecule has 0 radical (unpaired) electrons. The van der Waals surface area contributed by atoms with Crippen LogP contribution in [0.2, 0.25) is 0 Å². The van der Waals surface area contributed by atoms with Crippen LogP contribution in [0.1, 0.15) is 22.6 Å². The molecule has 3 rings (SSSR count). The van der Waals surface area contributed by atoms with Crippen LogP contribution in [-0.4, -0.2) is 7.11 Å². The van der Waals surface area contributed by atoms with Crippen molar-refractivity contribution < 1.29 is 4.74 Å². The Balaban J connectivity index is 2.26. The molecule has 2 heteroatoms. The summed E-state index contributed by atoms with van der Waals surface area (Å²) in [4.78, 5) is 0. The van der Waals surface area contributed by atoms with E-state index in [0.29, 0.717) is 0 Å². The maximum absolute atomic E-state index is 9.36. The Hall–Kier alpha value is -2.27. The lowest BCUT2D eigenvalue weighted by Crippen LogP contribution is -2.10. The molecule has 0 saturated heterocycles. The fourth-order valence-electron chi connectivity index (χ4n) is 2.76. The minimum Gasteiger partial charge on any atom is -0.497 e. The second kappa shape index (κ2) is 4.44. The van der Waals surface area contributed by atoms with Gasteiger partial charge in [-0.05, 0) is 47.7 Å². The lowest BCUT2D eigenvalue weighted by Gasteiger charge is -2.24. The average molecular weight is 249 g/mol. The van der Waals surface area contributed by atoms with Crippen molar-refractivity contribution in [3.8, 4) is 22.9 Å². The second-order valence-electron chi connectivity index (χ2n) is 5.00. The van der Waals surface area contributed by atoms with E-state index in [1.165, 1.54) is 22.3 Å². The highest BCUT2D eigenvalue weighted by Crippen LogP contribution is 2.41. The third-order valence-corrected chi connectivity index (χ3v) is 3.77. The van der Waals surface area contributed by atoms with Gasteiger partial charge in [0.2, 0.25) is 0 Å². The number of aryl methyl sites for hydroxylation is 1. The number of hydrogen-bond acceptors (Lipinski definition) is 2. The number of benzene rings is 2. The number of hydrogen-bond donors (Lipinski definition) is 0. The minimum absolute atomic E-state index is 0.0449. The van der Waals surface area contributed by atoms with E-state index in [9.17, 15) is 5.26 Å². The summed E-state index contributed by atoms with van der Waals surface area (Å²) in [7, 11) is 1.68. The van der Waals surface area contributed by atoms with Gasteiger partial charge in [-0.1, -0.05) is 29.8 Å². The van der Waals surface area contributed by atoms with E-state index in [4.69, 9.17) is 4.74 Å². The van der Waals surface area contributed by atoms with E-state index in [1.54, 1.807) is 7.11 Å². The van der Waals surface area contributed by atoms with Crippen LogP contribution in [0.15, 0.2) is 36.4 Å². The molecule has 19 heavy (non-hydrogen) atoms. The molecule has 0 aromatic heterocycles. The van der Waals surface area contributed by atoms with Crippen molar-refractivity contribution in [3.63, 3.8) is 0 Å². The first kappa shape index (κ1) is 11.8. The largest absolute Gasteiger partial charge is 0.497 e. The number of ether oxygens (including phenoxy) is 1. The zero-order chi connectivity index (χ0) is 13.4. The fourth-order valence-corrected chi connectivity index (χ4v) is 2.76. The highest BCUT2D eigenvalue weighted by atomic mass is 16.5. The predicted molar refractivity (Wildman–Crippen MR) is 75.2 cm³/mol. The molecule has 0 N–H and O–H groups in total. The average Bonchev–Trinajstić information content (AvgIpc) is 2.45. The van der Waals surface area contributed by atoms with Gasteiger partial charge in [-0.15, -0.1) is 0 Å². The maximum Gasteiger partial charge on any atom is 0.119 e. The summed E-state index contributed by atoms with van der Waals surface area (Å²) in [5.41, 5.74) is 5.95. The molecule has 0 heterocycles. The van der Waals surface area contributed by atoms with Gasteiger partial charge in [0.05, 0.1) is 19.1 Å². The van der Waals surface area contributed by atoms with Crippen LogP contribution in [0.3, 0.4) is 0 Å². The van der Waals surface area contributed by atoms with Gasteiger partial charge in [0.15, 0.2) is 0 Å². The zero-order valence-electron chi connectivity index (χ0n) is 11.1. The van der Waals surface area contributed by atoms with Crippen LogP contribution < -0.4 is 4.74 Å². The van der Waals surface area contributed by atoms with Crippen molar-refractivity contribution in [2.75, 3.05) is 7.11 Å². The molecular weight excluding hydrogens is 234 g/mol. The van der Waals surface area contributed by atoms with Crippen LogP contribution in [-0.2, 0) is 6.42 Å². The molecule has 1 aliphatic carbocycles. The molecule has 2 aromatic rings. The van der Waals surface area contributed by atoms with Gasteiger partial charge in [0.1, 0.15) is 5.75 Å². The second-order valence-corrected chi connectivity index (χ2v) is 5.00. The molecule has 2 nitrogen and oxygen atoms in total. The number of nitriles is 1. The minimum atomic E-state index is -0.0449. The van der Waals surface area contributed by atoms with E-state index in [2.05, 4.69) is 43.3 Å². The monoisotopic (exact) mass is 249 g/mol. The normalized spacial score (nSPS) is 16.2. The van der Waals surface area contributed by atoms with E-state index in [0.717, 1.165) is 17.7 Å². The standard InChI is InChI=1S/C17H15NO/c1-11-3-6-15-13(10-18)8-12-4-5-14(19-2)9-16(12)17(15)7-11/h3-7,9,13H,8H2,1-2H3. The van der Waals surface area contributed by atoms with Crippen LogP contribution in [0.4, 0.5) is 0 Å². The molecule has 0 spiro atoms. The van der Waals surface area contributed by atoms with Gasteiger partial charge in [0.25, 0.3) is 0 Å². The van der Waals surface area contributed by atoms with Crippen molar-refractivity contribution in [1.82, 2.24) is 0 Å². The molecule has 2 aromatic carbocycles. The molecule has 94 valence electrons. The first-order valence-corrected chi connectivity index (χ1v) is 6.40. The topological polar surface area (TPSA) is 33.0 Å². The van der Waals surface area contributed by atoms with Crippen LogP contribution in [0.5, 0.6) is 5.75 Å². The summed E-state index contributed by atoms with van der Waals surface area (Å²) in [6, 6.07) is 14.9. The highest BCUT2D eigenvalue weighted by Gasteiger charge is 2.24. The molecule has 0 amide bonds. The lowest BCUT2D eigenvalue weighted by molar-refractivity contribution is 0.415. The summed E-state index contributed by atoms with van der Waals surface area (Å²) in [6.45, 7) is 2.08. The van der Waals surface area contributed by atoms with Crippen molar-refractivity contribution in [3.05, 3.63) is 53.1 Å². The molecule has 0 saturated carbocycles. The summed E-state index contributed by atoms with van der Waals surface area (Å²) in [5, 5.41) is 9.36. The Kier molecular flexibility index (Phi) is 2.76. The van der Waals surface area contributed by atoms with Crippen LogP contribution in [0.25, 0.3) is 11.1 Å². The summed E-state index contributed by atoms with van der Waals surface area (Å²) in [6.07, 6.45) is 0.784. The van der Waals surface area contributed by atoms with Crippen molar-refractivity contribution in [2.24, 2.45) is 0 Å². The molecule has 1 aliphatic rings. The third-order valence-electron chi connectivity index (χ3n) is 3.77. The predicted octanol–water partition coefficient (Wildman–Crippen LogP) is 3.83. The Bertz CT molecular complexity index is 682. The molecule has 0 aliphatic heterocycles. The van der Waals surface area contributed by atoms with E-state index in [1.807, 2.05) is 6.07 Å². The molecule has 0 fully saturated rings. The Morgan fingerprint density at radius 2 is 2.00 bits per heavy atom. The number of nitrogens with zero attached hydrogens (tertiary/aromatic N) is 1. The first-order chi connectivity index (χ1) is 9.22. The van der Waals surface area contributed by atoms with Crippen molar-refractivity contribution in [1.29, 1.82) is 5.26 Å². The van der Waals surface area contributed by atoms with Crippen LogP contribution in [0, 0.1) is 18.3 Å². The van der Waals surface area contributed by atoms with Gasteiger partial charge in [-0.25, -0.2) is 0 Å². The summed E-state index contributed by atoms with van der Waals surface area (Å²) in [5.74, 6) is 0.818. The molecular formula is C17H15NO. The fraction of sp³-hybridized carbons (Fsp3) is 0.235. The summed E-state index contributed by atoms with van der Waals surface area (Å²) < 4.78 is 5.31. The first-order valence-electron chi connectivity index (χ1n) is 6.40. The Morgan fingerprint density at radius 3 is 2.74 bits per heavy atom. The highest BCUT2D eigenvalue weighted by molar-refractivity contribution is 5.76. The van der Waals surface area contributed by atoms with Gasteiger partial charge in [-0.2, -0.15) is 5.26 Å². The molecule has 0 bridgehead atoms. The zero-order valence-corrected chi connectivity index (χ0v) is 11.1. The van der Waals surface area contributed by atoms with Crippen LogP contribution >= 0.6 is 0 Å². The maximum atomic E-state index is 9.36. The smallest absolute Gasteiger partial charge is 0.119 e. The Labute approximate surface area is 113 Å². The molecule has 1 atom stereocenters. The quantitative estimate of drug-likeness (QED) is 0.769. The van der Waals surface area contributed by atoms with Gasteiger partial charge < -0.3 is 4.74 Å². The SMILES string of the molecule is COc1ccc2c(c1)-c1cc(C)ccc1C(C#N)C2. The van der Waals surface area contributed by atoms with E-state index < -0.39 is 0 Å².